The average Bonchev–Trinajstić information content (AvgIpc) is 2.64. The van der Waals surface area contributed by atoms with E-state index in [1.807, 2.05) is 6.07 Å². The van der Waals surface area contributed by atoms with E-state index in [4.69, 9.17) is 34.8 Å². The monoisotopic (exact) mass is 410 g/mol. The number of rotatable bonds is 5. The van der Waals surface area contributed by atoms with E-state index in [-0.39, 0.29) is 11.8 Å². The van der Waals surface area contributed by atoms with Gasteiger partial charge in [-0.25, -0.2) is 0 Å². The summed E-state index contributed by atoms with van der Waals surface area (Å²) in [5.74, 6) is 0.104. The van der Waals surface area contributed by atoms with E-state index in [0.29, 0.717) is 21.6 Å². The van der Waals surface area contributed by atoms with Crippen LogP contribution in [0.4, 0.5) is 0 Å². The number of hydrogen-bond donors (Lipinski definition) is 1. The number of nitrogens with one attached hydrogen (secondary N) is 1. The minimum atomic E-state index is 0.0375. The van der Waals surface area contributed by atoms with Gasteiger partial charge >= 0.3 is 0 Å². The number of hydrogen-bond acceptors (Lipinski definition) is 2. The van der Waals surface area contributed by atoms with Crippen LogP contribution in [0.1, 0.15) is 24.0 Å². The molecule has 0 saturated carbocycles. The van der Waals surface area contributed by atoms with Crippen molar-refractivity contribution in [1.29, 1.82) is 0 Å². The van der Waals surface area contributed by atoms with Crippen molar-refractivity contribution >= 4 is 40.7 Å². The molecule has 0 unspecified atom stereocenters. The molecule has 26 heavy (non-hydrogen) atoms. The first-order valence-corrected chi connectivity index (χ1v) is 9.83. The molecule has 3 rings (SSSR count). The molecule has 2 aromatic carbocycles. The van der Waals surface area contributed by atoms with Crippen LogP contribution in [0.25, 0.3) is 0 Å². The van der Waals surface area contributed by atoms with Gasteiger partial charge < -0.3 is 5.32 Å². The molecule has 1 amide bonds. The highest BCUT2D eigenvalue weighted by Gasteiger charge is 2.25. The van der Waals surface area contributed by atoms with Crippen molar-refractivity contribution in [1.82, 2.24) is 10.2 Å². The smallest absolute Gasteiger partial charge is 0.223 e. The Hall–Kier alpha value is -1.26. The highest BCUT2D eigenvalue weighted by molar-refractivity contribution is 6.43. The van der Waals surface area contributed by atoms with E-state index < -0.39 is 0 Å². The van der Waals surface area contributed by atoms with Crippen LogP contribution in [0.2, 0.25) is 15.1 Å². The zero-order valence-electron chi connectivity index (χ0n) is 14.4. The summed E-state index contributed by atoms with van der Waals surface area (Å²) in [5, 5.41) is 4.32. The predicted molar refractivity (Wildman–Crippen MR) is 108 cm³/mol. The second-order valence-electron chi connectivity index (χ2n) is 6.61. The van der Waals surface area contributed by atoms with E-state index in [9.17, 15) is 4.79 Å². The zero-order chi connectivity index (χ0) is 18.5. The molecular formula is C20H21Cl3N2O. The number of amides is 1. The van der Waals surface area contributed by atoms with Crippen LogP contribution in [0.15, 0.2) is 42.5 Å². The topological polar surface area (TPSA) is 32.3 Å². The number of halogens is 3. The van der Waals surface area contributed by atoms with Crippen molar-refractivity contribution in [2.45, 2.75) is 25.9 Å². The van der Waals surface area contributed by atoms with Gasteiger partial charge in [0.1, 0.15) is 0 Å². The standard InChI is InChI=1S/C20H21Cl3N2O/c21-17-10-16(19(23)18(22)11-17)12-24-20(26)15-6-8-25(9-7-15)13-14-4-2-1-3-5-14/h1-5,10-11,15H,6-9,12-13H2,(H,24,26). The second kappa shape index (κ2) is 9.09. The summed E-state index contributed by atoms with van der Waals surface area (Å²) in [7, 11) is 0. The number of likely N-dealkylation sites (tertiary alicyclic amines) is 1. The lowest BCUT2D eigenvalue weighted by atomic mass is 9.95. The summed E-state index contributed by atoms with van der Waals surface area (Å²) in [5.41, 5.74) is 2.04. The van der Waals surface area contributed by atoms with Gasteiger partial charge in [-0.3, -0.25) is 9.69 Å². The lowest BCUT2D eigenvalue weighted by Crippen LogP contribution is -2.40. The van der Waals surface area contributed by atoms with Crippen LogP contribution in [0, 0.1) is 5.92 Å². The highest BCUT2D eigenvalue weighted by atomic mass is 35.5. The Morgan fingerprint density at radius 3 is 2.46 bits per heavy atom. The Balaban J connectivity index is 1.48. The molecule has 0 bridgehead atoms. The highest BCUT2D eigenvalue weighted by Crippen LogP contribution is 2.30. The van der Waals surface area contributed by atoms with Crippen molar-refractivity contribution < 1.29 is 4.79 Å². The summed E-state index contributed by atoms with van der Waals surface area (Å²) in [6.45, 7) is 3.13. The molecule has 0 aromatic heterocycles. The number of piperidine rings is 1. The van der Waals surface area contributed by atoms with E-state index in [1.54, 1.807) is 12.1 Å². The molecule has 138 valence electrons. The molecule has 3 nitrogen and oxygen atoms in total. The van der Waals surface area contributed by atoms with Crippen molar-refractivity contribution in [2.24, 2.45) is 5.92 Å². The van der Waals surface area contributed by atoms with Gasteiger partial charge in [0.2, 0.25) is 5.91 Å². The normalized spacial score (nSPS) is 15.8. The van der Waals surface area contributed by atoms with Gasteiger partial charge in [-0.2, -0.15) is 0 Å². The quantitative estimate of drug-likeness (QED) is 0.688. The molecule has 1 aliphatic heterocycles. The minimum absolute atomic E-state index is 0.0375. The third-order valence-electron chi connectivity index (χ3n) is 4.73. The third kappa shape index (κ3) is 5.14. The SMILES string of the molecule is O=C(NCc1cc(Cl)cc(Cl)c1Cl)C1CCN(Cc2ccccc2)CC1. The molecule has 6 heteroatoms. The Bertz CT molecular complexity index is 759. The van der Waals surface area contributed by atoms with Crippen molar-refractivity contribution in [3.8, 4) is 0 Å². The van der Waals surface area contributed by atoms with Crippen molar-refractivity contribution in [2.75, 3.05) is 13.1 Å². The second-order valence-corrected chi connectivity index (χ2v) is 7.84. The summed E-state index contributed by atoms with van der Waals surface area (Å²) in [4.78, 5) is 14.9. The fraction of sp³-hybridized carbons (Fsp3) is 0.350. The number of carbonyl (C=O) groups excluding carboxylic acids is 1. The molecule has 1 N–H and O–H groups in total. The number of carbonyl (C=O) groups is 1. The van der Waals surface area contributed by atoms with E-state index in [0.717, 1.165) is 38.0 Å². The van der Waals surface area contributed by atoms with Crippen LogP contribution in [-0.4, -0.2) is 23.9 Å². The molecule has 1 fully saturated rings. The predicted octanol–water partition coefficient (Wildman–Crippen LogP) is 5.18. The van der Waals surface area contributed by atoms with Crippen LogP contribution >= 0.6 is 34.8 Å². The van der Waals surface area contributed by atoms with Gasteiger partial charge in [0, 0.05) is 24.0 Å². The maximum Gasteiger partial charge on any atom is 0.223 e. The Labute approximate surface area is 169 Å². The molecule has 1 heterocycles. The molecule has 2 aromatic rings. The van der Waals surface area contributed by atoms with Gasteiger partial charge in [0.15, 0.2) is 0 Å². The average molecular weight is 412 g/mol. The molecule has 0 atom stereocenters. The largest absolute Gasteiger partial charge is 0.352 e. The van der Waals surface area contributed by atoms with Gasteiger partial charge in [0.05, 0.1) is 10.0 Å². The van der Waals surface area contributed by atoms with Gasteiger partial charge in [0.25, 0.3) is 0 Å². The lowest BCUT2D eigenvalue weighted by molar-refractivity contribution is -0.126. The van der Waals surface area contributed by atoms with Crippen LogP contribution in [0.3, 0.4) is 0 Å². The van der Waals surface area contributed by atoms with E-state index in [1.165, 1.54) is 5.56 Å². The first kappa shape index (κ1) is 19.5. The number of nitrogens with zero attached hydrogens (tertiary/aromatic N) is 1. The molecule has 0 aliphatic carbocycles. The molecule has 0 spiro atoms. The fourth-order valence-corrected chi connectivity index (χ4v) is 3.97. The van der Waals surface area contributed by atoms with Crippen molar-refractivity contribution in [3.63, 3.8) is 0 Å². The molecule has 0 radical (unpaired) electrons. The molecule has 1 saturated heterocycles. The first-order chi connectivity index (χ1) is 12.5. The Kier molecular flexibility index (Phi) is 6.82. The van der Waals surface area contributed by atoms with Crippen LogP contribution in [0.5, 0.6) is 0 Å². The summed E-state index contributed by atoms with van der Waals surface area (Å²) >= 11 is 18.2. The third-order valence-corrected chi connectivity index (χ3v) is 5.79. The number of benzene rings is 2. The van der Waals surface area contributed by atoms with Gasteiger partial charge in [-0.1, -0.05) is 65.1 Å². The molecule has 1 aliphatic rings. The maximum atomic E-state index is 12.5. The Morgan fingerprint density at radius 1 is 1.08 bits per heavy atom. The first-order valence-electron chi connectivity index (χ1n) is 8.70. The summed E-state index contributed by atoms with van der Waals surface area (Å²) in [6, 6.07) is 13.7. The van der Waals surface area contributed by atoms with E-state index >= 15 is 0 Å². The van der Waals surface area contributed by atoms with Crippen molar-refractivity contribution in [3.05, 3.63) is 68.7 Å². The molecular weight excluding hydrogens is 391 g/mol. The van der Waals surface area contributed by atoms with Gasteiger partial charge in [-0.05, 0) is 49.2 Å². The summed E-state index contributed by atoms with van der Waals surface area (Å²) < 4.78 is 0. The maximum absolute atomic E-state index is 12.5. The lowest BCUT2D eigenvalue weighted by Gasteiger charge is -2.31. The zero-order valence-corrected chi connectivity index (χ0v) is 16.6. The van der Waals surface area contributed by atoms with E-state index in [2.05, 4.69) is 34.5 Å². The summed E-state index contributed by atoms with van der Waals surface area (Å²) in [6.07, 6.45) is 1.73. The minimum Gasteiger partial charge on any atom is -0.352 e. The van der Waals surface area contributed by atoms with Crippen LogP contribution < -0.4 is 5.32 Å². The van der Waals surface area contributed by atoms with Crippen LogP contribution in [-0.2, 0) is 17.9 Å². The van der Waals surface area contributed by atoms with Gasteiger partial charge in [-0.15, -0.1) is 0 Å². The Morgan fingerprint density at radius 2 is 1.77 bits per heavy atom. The fourth-order valence-electron chi connectivity index (χ4n) is 3.26.